The predicted octanol–water partition coefficient (Wildman–Crippen LogP) is 0.867. The molecule has 1 N–H and O–H groups in total. The number of benzene rings is 1. The first-order chi connectivity index (χ1) is 11.9. The second kappa shape index (κ2) is 8.24. The maximum Gasteiger partial charge on any atom is 0.325 e. The summed E-state index contributed by atoms with van der Waals surface area (Å²) in [6.45, 7) is 1.59. The van der Waals surface area contributed by atoms with Crippen LogP contribution in [0.25, 0.3) is 5.69 Å². The number of ether oxygens (including phenoxy) is 1. The van der Waals surface area contributed by atoms with Crippen LogP contribution < -0.4 is 5.32 Å². The number of nitro groups is 1. The van der Waals surface area contributed by atoms with Crippen molar-refractivity contribution in [3.8, 4) is 5.69 Å². The maximum absolute atomic E-state index is 11.5. The van der Waals surface area contributed by atoms with E-state index in [1.54, 1.807) is 13.1 Å². The van der Waals surface area contributed by atoms with Crippen LogP contribution in [0.2, 0.25) is 0 Å². The van der Waals surface area contributed by atoms with E-state index in [0.29, 0.717) is 5.69 Å². The molecule has 25 heavy (non-hydrogen) atoms. The van der Waals surface area contributed by atoms with E-state index < -0.39 is 21.6 Å². The molecule has 1 heterocycles. The lowest BCUT2D eigenvalue weighted by molar-refractivity contribution is -0.384. The molecule has 0 aliphatic heterocycles. The van der Waals surface area contributed by atoms with Crippen molar-refractivity contribution in [2.24, 2.45) is 0 Å². The van der Waals surface area contributed by atoms with Gasteiger partial charge < -0.3 is 14.6 Å². The van der Waals surface area contributed by atoms with E-state index in [-0.39, 0.29) is 35.8 Å². The van der Waals surface area contributed by atoms with Gasteiger partial charge in [0, 0.05) is 18.5 Å². The molecule has 134 valence electrons. The van der Waals surface area contributed by atoms with E-state index >= 15 is 0 Å². The molecule has 11 heteroatoms. The number of hydrogen-bond donors (Lipinski definition) is 2. The molecular weight excluding hydrogens is 352 g/mol. The van der Waals surface area contributed by atoms with Crippen LogP contribution in [0.3, 0.4) is 0 Å². The van der Waals surface area contributed by atoms with Gasteiger partial charge in [0.15, 0.2) is 0 Å². The number of rotatable bonds is 8. The fourth-order valence-electron chi connectivity index (χ4n) is 2.20. The largest absolute Gasteiger partial charge is 0.465 e. The zero-order valence-electron chi connectivity index (χ0n) is 13.2. The summed E-state index contributed by atoms with van der Waals surface area (Å²) in [5.41, 5.74) is 0.405. The Morgan fingerprint density at radius 1 is 1.44 bits per heavy atom. The Morgan fingerprint density at radius 3 is 2.76 bits per heavy atom. The van der Waals surface area contributed by atoms with Gasteiger partial charge in [-0.2, -0.15) is 0 Å². The summed E-state index contributed by atoms with van der Waals surface area (Å²) in [5.74, 6) is -0.922. The lowest BCUT2D eigenvalue weighted by Crippen LogP contribution is -2.17. The van der Waals surface area contributed by atoms with Crippen LogP contribution in [-0.2, 0) is 26.0 Å². The van der Waals surface area contributed by atoms with Crippen LogP contribution in [0.4, 0.5) is 11.4 Å². The number of nitrogens with zero attached hydrogens (tertiary/aromatic N) is 3. The average molecular weight is 368 g/mol. The topological polar surface area (TPSA) is 133 Å². The summed E-state index contributed by atoms with van der Waals surface area (Å²) in [4.78, 5) is 26.0. The molecule has 0 spiro atoms. The van der Waals surface area contributed by atoms with Crippen molar-refractivity contribution in [2.75, 3.05) is 18.5 Å². The van der Waals surface area contributed by atoms with Crippen molar-refractivity contribution in [1.82, 2.24) is 9.55 Å². The highest BCUT2D eigenvalue weighted by molar-refractivity contribution is 7.71. The van der Waals surface area contributed by atoms with Crippen molar-refractivity contribution in [1.29, 1.82) is 0 Å². The number of hydrogen-bond acceptors (Lipinski definition) is 8. The molecule has 0 unspecified atom stereocenters. The van der Waals surface area contributed by atoms with Crippen LogP contribution in [0.5, 0.6) is 0 Å². The quantitative estimate of drug-likeness (QED) is 0.303. The third-order valence-corrected chi connectivity index (χ3v) is 3.80. The molecule has 0 fully saturated rings. The molecule has 2 rings (SSSR count). The van der Waals surface area contributed by atoms with E-state index in [0.717, 1.165) is 0 Å². The van der Waals surface area contributed by atoms with Crippen molar-refractivity contribution >= 4 is 28.0 Å². The van der Waals surface area contributed by atoms with Crippen molar-refractivity contribution in [3.05, 3.63) is 46.5 Å². The van der Waals surface area contributed by atoms with Gasteiger partial charge in [0.1, 0.15) is 22.9 Å². The number of aromatic nitrogens is 2. The Kier molecular flexibility index (Phi) is 6.06. The second-order valence-electron chi connectivity index (χ2n) is 4.87. The summed E-state index contributed by atoms with van der Waals surface area (Å²) in [7, 11) is -2.78. The van der Waals surface area contributed by atoms with Crippen molar-refractivity contribution in [3.63, 3.8) is 0 Å². The number of nitro benzene ring substituents is 1. The molecule has 0 aliphatic carbocycles. The van der Waals surface area contributed by atoms with Gasteiger partial charge in [-0.25, -0.2) is 13.4 Å². The lowest BCUT2D eigenvalue weighted by Gasteiger charge is -2.13. The minimum Gasteiger partial charge on any atom is -0.465 e. The standard InChI is InChI=1S/C14H16N4O6S/c1-2-24-14(19)7-16-11-6-12(17-4-3-15-9-17)10(8-25(22)23)5-13(11)18(20)21/h3-6,9,16,25H,2,7-8H2,1H3. The molecule has 0 saturated heterocycles. The fourth-order valence-corrected chi connectivity index (χ4v) is 2.73. The van der Waals surface area contributed by atoms with Gasteiger partial charge in [0.25, 0.3) is 5.69 Å². The lowest BCUT2D eigenvalue weighted by atomic mass is 10.1. The summed E-state index contributed by atoms with van der Waals surface area (Å²) >= 11 is 0. The Balaban J connectivity index is 2.48. The molecule has 0 atom stereocenters. The Labute approximate surface area is 144 Å². The van der Waals surface area contributed by atoms with Crippen LogP contribution in [0, 0.1) is 10.1 Å². The molecule has 1 aromatic heterocycles. The first kappa shape index (κ1) is 18.4. The zero-order chi connectivity index (χ0) is 18.4. The molecule has 0 aliphatic rings. The number of thiol groups is 1. The average Bonchev–Trinajstić information content (AvgIpc) is 3.07. The molecule has 0 radical (unpaired) electrons. The van der Waals surface area contributed by atoms with Crippen LogP contribution in [0.15, 0.2) is 30.9 Å². The van der Waals surface area contributed by atoms with Gasteiger partial charge in [0.05, 0.1) is 29.3 Å². The Bertz CT molecular complexity index is 839. The number of nitrogens with one attached hydrogen (secondary N) is 1. The van der Waals surface area contributed by atoms with Gasteiger partial charge in [-0.15, -0.1) is 0 Å². The summed E-state index contributed by atoms with van der Waals surface area (Å²) in [6.07, 6.45) is 4.52. The highest BCUT2D eigenvalue weighted by atomic mass is 32.2. The van der Waals surface area contributed by atoms with E-state index in [4.69, 9.17) is 4.74 Å². The van der Waals surface area contributed by atoms with Gasteiger partial charge in [-0.1, -0.05) is 0 Å². The maximum atomic E-state index is 11.5. The monoisotopic (exact) mass is 368 g/mol. The van der Waals surface area contributed by atoms with E-state index in [2.05, 4.69) is 10.3 Å². The predicted molar refractivity (Wildman–Crippen MR) is 89.4 cm³/mol. The fraction of sp³-hybridized carbons (Fsp3) is 0.286. The van der Waals surface area contributed by atoms with Gasteiger partial charge in [-0.3, -0.25) is 14.9 Å². The highest BCUT2D eigenvalue weighted by Crippen LogP contribution is 2.31. The smallest absolute Gasteiger partial charge is 0.325 e. The molecule has 0 amide bonds. The highest BCUT2D eigenvalue weighted by Gasteiger charge is 2.20. The third-order valence-electron chi connectivity index (χ3n) is 3.20. The number of carbonyl (C=O) groups excluding carboxylic acids is 1. The Hall–Kier alpha value is -2.95. The molecule has 1 aromatic carbocycles. The minimum atomic E-state index is -2.78. The number of esters is 1. The first-order valence-corrected chi connectivity index (χ1v) is 8.59. The molecular formula is C14H16N4O6S. The third kappa shape index (κ3) is 4.76. The van der Waals surface area contributed by atoms with Gasteiger partial charge in [-0.05, 0) is 18.6 Å². The molecule has 0 bridgehead atoms. The molecule has 2 aromatic rings. The van der Waals surface area contributed by atoms with Gasteiger partial charge in [0.2, 0.25) is 0 Å². The number of carbonyl (C=O) groups is 1. The van der Waals surface area contributed by atoms with E-state index in [1.165, 1.54) is 29.2 Å². The van der Waals surface area contributed by atoms with Crippen molar-refractivity contribution in [2.45, 2.75) is 12.7 Å². The molecule has 10 nitrogen and oxygen atoms in total. The first-order valence-electron chi connectivity index (χ1n) is 7.23. The number of imidazole rings is 1. The van der Waals surface area contributed by atoms with Crippen LogP contribution in [0.1, 0.15) is 12.5 Å². The minimum absolute atomic E-state index is 0.0756. The van der Waals surface area contributed by atoms with E-state index in [1.807, 2.05) is 0 Å². The normalized spacial score (nSPS) is 10.6. The van der Waals surface area contributed by atoms with Gasteiger partial charge >= 0.3 is 5.97 Å². The Morgan fingerprint density at radius 2 is 2.20 bits per heavy atom. The number of anilines is 1. The molecule has 0 saturated carbocycles. The van der Waals surface area contributed by atoms with Crippen LogP contribution in [-0.4, -0.2) is 42.0 Å². The van der Waals surface area contributed by atoms with E-state index in [9.17, 15) is 23.3 Å². The summed E-state index contributed by atoms with van der Waals surface area (Å²) in [5, 5.41) is 14.0. The van der Waals surface area contributed by atoms with Crippen LogP contribution >= 0.6 is 0 Å². The zero-order valence-corrected chi connectivity index (χ0v) is 14.1. The SMILES string of the molecule is CCOC(=O)CNc1cc(-n2ccnc2)c(C[SH](=O)=O)cc1[N+](=O)[O-]. The summed E-state index contributed by atoms with van der Waals surface area (Å²) < 4.78 is 28.5. The van der Waals surface area contributed by atoms with Crippen molar-refractivity contribution < 1.29 is 22.9 Å². The second-order valence-corrected chi connectivity index (χ2v) is 5.86. The summed E-state index contributed by atoms with van der Waals surface area (Å²) in [6, 6.07) is 2.58.